The third kappa shape index (κ3) is 4.07. The van der Waals surface area contributed by atoms with Gasteiger partial charge in [0.1, 0.15) is 12.4 Å². The van der Waals surface area contributed by atoms with E-state index in [9.17, 15) is 0 Å². The second kappa shape index (κ2) is 4.39. The monoisotopic (exact) mass is 230 g/mol. The maximum atomic E-state index is 8.63. The molecule has 6 nitrogen and oxygen atoms in total. The van der Waals surface area contributed by atoms with E-state index in [2.05, 4.69) is 15.0 Å². The molecule has 0 bridgehead atoms. The minimum absolute atomic E-state index is 1.21. The van der Waals surface area contributed by atoms with Crippen LogP contribution in [0, 0.1) is 0 Å². The van der Waals surface area contributed by atoms with Crippen molar-refractivity contribution in [1.29, 1.82) is 0 Å². The zero-order valence-electron chi connectivity index (χ0n) is 7.94. The van der Waals surface area contributed by atoms with Crippen LogP contribution in [0.25, 0.3) is 5.65 Å². The summed E-state index contributed by atoms with van der Waals surface area (Å²) in [6, 6.07) is 6.14. The molecule has 0 aromatic carbocycles. The summed E-state index contributed by atoms with van der Waals surface area (Å²) in [6.07, 6.45) is 6.11. The predicted octanol–water partition coefficient (Wildman–Crippen LogP) is -0.232. The summed E-state index contributed by atoms with van der Waals surface area (Å²) >= 11 is 0. The van der Waals surface area contributed by atoms with Gasteiger partial charge in [-0.1, -0.05) is 6.07 Å². The smallest absolute Gasteiger partial charge is 0.285 e. The lowest BCUT2D eigenvalue weighted by Crippen LogP contribution is -2.25. The standard InChI is InChI=1S/C8H9N2.H2O4S/c1-9-6-7-10-5-3-2-4-8(9)10;1-5(2,3)4/h2-7H,1H3;(H2,1,2,3,4)/q+1;/p-1. The van der Waals surface area contributed by atoms with E-state index in [0.29, 0.717) is 0 Å². The van der Waals surface area contributed by atoms with E-state index >= 15 is 0 Å². The van der Waals surface area contributed by atoms with Gasteiger partial charge in [-0.25, -0.2) is 17.4 Å². The molecule has 7 heteroatoms. The Kier molecular flexibility index (Phi) is 3.40. The van der Waals surface area contributed by atoms with E-state index in [1.165, 1.54) is 5.65 Å². The molecular weight excluding hydrogens is 220 g/mol. The van der Waals surface area contributed by atoms with Crippen LogP contribution in [0.3, 0.4) is 0 Å². The maximum absolute atomic E-state index is 8.63. The largest absolute Gasteiger partial charge is 0.726 e. The summed E-state index contributed by atoms with van der Waals surface area (Å²) < 4.78 is 37.0. The molecule has 2 aromatic heterocycles. The summed E-state index contributed by atoms with van der Waals surface area (Å²) in [5.41, 5.74) is 1.21. The molecule has 0 unspecified atom stereocenters. The number of imidazole rings is 1. The third-order valence-corrected chi connectivity index (χ3v) is 1.68. The van der Waals surface area contributed by atoms with Gasteiger partial charge >= 0.3 is 0 Å². The Morgan fingerprint density at radius 1 is 1.40 bits per heavy atom. The van der Waals surface area contributed by atoms with Crippen molar-refractivity contribution in [3.63, 3.8) is 0 Å². The normalized spacial score (nSPS) is 10.9. The van der Waals surface area contributed by atoms with Gasteiger partial charge in [0.05, 0.1) is 13.2 Å². The first-order valence-corrected chi connectivity index (χ1v) is 5.34. The topological polar surface area (TPSA) is 85.7 Å². The molecule has 15 heavy (non-hydrogen) atoms. The molecule has 0 spiro atoms. The van der Waals surface area contributed by atoms with Gasteiger partial charge in [-0.15, -0.1) is 0 Å². The summed E-state index contributed by atoms with van der Waals surface area (Å²) in [7, 11) is -2.88. The summed E-state index contributed by atoms with van der Waals surface area (Å²) in [5.74, 6) is 0. The van der Waals surface area contributed by atoms with Gasteiger partial charge in [-0.05, 0) is 6.07 Å². The fourth-order valence-electron chi connectivity index (χ4n) is 1.12. The molecule has 0 aliphatic rings. The molecule has 0 amide bonds. The Bertz CT molecular complexity index is 539. The molecule has 1 N–H and O–H groups in total. The van der Waals surface area contributed by atoms with Crippen LogP contribution in [-0.4, -0.2) is 21.9 Å². The number of nitrogens with zero attached hydrogens (tertiary/aromatic N) is 2. The molecule has 0 saturated heterocycles. The van der Waals surface area contributed by atoms with Crippen molar-refractivity contribution >= 4 is 16.0 Å². The predicted molar refractivity (Wildman–Crippen MR) is 50.9 cm³/mol. The molecule has 2 heterocycles. The summed E-state index contributed by atoms with van der Waals surface area (Å²) in [6.45, 7) is 0. The molecule has 0 saturated carbocycles. The van der Waals surface area contributed by atoms with Crippen molar-refractivity contribution in [2.24, 2.45) is 7.05 Å². The van der Waals surface area contributed by atoms with E-state index in [1.54, 1.807) is 0 Å². The van der Waals surface area contributed by atoms with Crippen LogP contribution in [0.5, 0.6) is 0 Å². The third-order valence-electron chi connectivity index (χ3n) is 1.68. The number of aromatic nitrogens is 2. The fourth-order valence-corrected chi connectivity index (χ4v) is 1.12. The van der Waals surface area contributed by atoms with E-state index in [-0.39, 0.29) is 0 Å². The average molecular weight is 230 g/mol. The van der Waals surface area contributed by atoms with Gasteiger partial charge in [0, 0.05) is 6.07 Å². The van der Waals surface area contributed by atoms with Crippen molar-refractivity contribution in [1.82, 2.24) is 4.40 Å². The van der Waals surface area contributed by atoms with E-state index in [1.807, 2.05) is 37.8 Å². The van der Waals surface area contributed by atoms with Gasteiger partial charge in [-0.3, -0.25) is 4.55 Å². The highest BCUT2D eigenvalue weighted by Gasteiger charge is 2.00. The SMILES string of the molecule is C[n+]1ccn2ccccc21.O=S(=O)([O-])O. The van der Waals surface area contributed by atoms with Crippen LogP contribution in [0.2, 0.25) is 0 Å². The van der Waals surface area contributed by atoms with Crippen LogP contribution >= 0.6 is 0 Å². The van der Waals surface area contributed by atoms with Gasteiger partial charge in [0.15, 0.2) is 0 Å². The highest BCUT2D eigenvalue weighted by Crippen LogP contribution is 1.94. The first-order chi connectivity index (χ1) is 6.88. The lowest BCUT2D eigenvalue weighted by molar-refractivity contribution is -0.644. The molecule has 0 aliphatic carbocycles. The minimum atomic E-state index is -4.92. The van der Waals surface area contributed by atoms with Crippen LogP contribution in [-0.2, 0) is 17.4 Å². The van der Waals surface area contributed by atoms with E-state index in [0.717, 1.165) is 0 Å². The number of hydrogen-bond donors (Lipinski definition) is 1. The van der Waals surface area contributed by atoms with E-state index in [4.69, 9.17) is 17.5 Å². The van der Waals surface area contributed by atoms with Crippen molar-refractivity contribution in [3.8, 4) is 0 Å². The second-order valence-corrected chi connectivity index (χ2v) is 3.66. The zero-order valence-corrected chi connectivity index (χ0v) is 8.76. The molecule has 2 rings (SSSR count). The molecule has 0 aliphatic heterocycles. The van der Waals surface area contributed by atoms with Gasteiger partial charge in [0.25, 0.3) is 5.65 Å². The fraction of sp³-hybridized carbons (Fsp3) is 0.125. The first kappa shape index (κ1) is 11.6. The molecule has 2 aromatic rings. The summed E-state index contributed by atoms with van der Waals surface area (Å²) in [5, 5.41) is 0. The van der Waals surface area contributed by atoms with Crippen LogP contribution in [0.1, 0.15) is 0 Å². The van der Waals surface area contributed by atoms with Crippen LogP contribution < -0.4 is 4.57 Å². The quantitative estimate of drug-likeness (QED) is 0.385. The number of hydrogen-bond acceptors (Lipinski definition) is 3. The summed E-state index contributed by atoms with van der Waals surface area (Å²) in [4.78, 5) is 0. The van der Waals surface area contributed by atoms with Crippen LogP contribution in [0.4, 0.5) is 0 Å². The number of pyridine rings is 1. The van der Waals surface area contributed by atoms with Crippen molar-refractivity contribution in [2.45, 2.75) is 0 Å². The number of fused-ring (bicyclic) bond motifs is 1. The highest BCUT2D eigenvalue weighted by molar-refractivity contribution is 7.79. The highest BCUT2D eigenvalue weighted by atomic mass is 32.3. The Morgan fingerprint density at radius 2 is 2.00 bits per heavy atom. The molecule has 0 atom stereocenters. The van der Waals surface area contributed by atoms with Crippen molar-refractivity contribution < 1.29 is 22.1 Å². The van der Waals surface area contributed by atoms with E-state index < -0.39 is 10.4 Å². The Balaban J connectivity index is 0.000000195. The van der Waals surface area contributed by atoms with Gasteiger partial charge in [-0.2, -0.15) is 0 Å². The molecular formula is C8H10N2O4S. The van der Waals surface area contributed by atoms with Gasteiger partial charge in [0.2, 0.25) is 10.4 Å². The minimum Gasteiger partial charge on any atom is -0.726 e. The Labute approximate surface area is 87.0 Å². The number of aryl methyl sites for hydroxylation is 1. The van der Waals surface area contributed by atoms with Crippen LogP contribution in [0.15, 0.2) is 36.8 Å². The molecule has 82 valence electrons. The molecule has 0 fully saturated rings. The van der Waals surface area contributed by atoms with Gasteiger partial charge < -0.3 is 4.55 Å². The van der Waals surface area contributed by atoms with Crippen molar-refractivity contribution in [2.75, 3.05) is 0 Å². The average Bonchev–Trinajstić information content (AvgIpc) is 2.46. The lowest BCUT2D eigenvalue weighted by atomic mass is 10.5. The zero-order chi connectivity index (χ0) is 11.5. The number of rotatable bonds is 0. The molecule has 0 radical (unpaired) electrons. The lowest BCUT2D eigenvalue weighted by Gasteiger charge is -1.88. The second-order valence-electron chi connectivity index (χ2n) is 2.80. The Morgan fingerprint density at radius 3 is 2.53 bits per heavy atom. The van der Waals surface area contributed by atoms with Crippen molar-refractivity contribution in [3.05, 3.63) is 36.8 Å². The first-order valence-electron chi connectivity index (χ1n) is 3.97. The maximum Gasteiger partial charge on any atom is 0.285 e. The Hall–Kier alpha value is -1.44.